The van der Waals surface area contributed by atoms with E-state index in [0.717, 1.165) is 11.2 Å². The van der Waals surface area contributed by atoms with Crippen LogP contribution in [-0.2, 0) is 0 Å². The first kappa shape index (κ1) is 8.35. The lowest BCUT2D eigenvalue weighted by atomic mass is 10.3. The molecule has 0 amide bonds. The summed E-state index contributed by atoms with van der Waals surface area (Å²) in [5, 5.41) is 0.803. The molecule has 0 aromatic rings. The second-order valence-electron chi connectivity index (χ2n) is 2.78. The highest BCUT2D eigenvalue weighted by molar-refractivity contribution is 7.99. The fraction of sp³-hybridized carbons (Fsp3) is 1.00. The molecule has 0 unspecified atom stereocenters. The first-order valence-corrected chi connectivity index (χ1v) is 4.29. The van der Waals surface area contributed by atoms with Gasteiger partial charge in [0.25, 0.3) is 0 Å². The molecule has 0 aliphatic heterocycles. The molecule has 0 radical (unpaired) electrons. The van der Waals surface area contributed by atoms with Crippen molar-refractivity contribution in [2.45, 2.75) is 32.9 Å². The Balaban J connectivity index is 2.93. The van der Waals surface area contributed by atoms with Gasteiger partial charge in [0.1, 0.15) is 0 Å². The van der Waals surface area contributed by atoms with Gasteiger partial charge in [0.05, 0.1) is 0 Å². The summed E-state index contributed by atoms with van der Waals surface area (Å²) in [6, 6.07) is 0. The van der Waals surface area contributed by atoms with E-state index < -0.39 is 0 Å². The molecule has 0 N–H and O–H groups in total. The topological polar surface area (TPSA) is 0 Å². The molecule has 0 aliphatic rings. The van der Waals surface area contributed by atoms with E-state index in [1.807, 2.05) is 11.8 Å². The van der Waals surface area contributed by atoms with Gasteiger partial charge in [-0.25, -0.2) is 0 Å². The highest BCUT2D eigenvalue weighted by atomic mass is 32.2. The summed E-state index contributed by atoms with van der Waals surface area (Å²) in [6.07, 6.45) is 0. The molecule has 0 aliphatic carbocycles. The normalized spacial score (nSPS) is 11.2. The van der Waals surface area contributed by atoms with Gasteiger partial charge in [-0.2, -0.15) is 11.8 Å². The largest absolute Gasteiger partial charge is 0.159 e. The van der Waals surface area contributed by atoms with E-state index in [2.05, 4.69) is 27.7 Å². The molecule has 0 nitrogen and oxygen atoms in total. The molecule has 0 atom stereocenters. The average molecular weight is 132 g/mol. The van der Waals surface area contributed by atoms with Crippen LogP contribution in [0.15, 0.2) is 0 Å². The minimum Gasteiger partial charge on any atom is -0.159 e. The van der Waals surface area contributed by atoms with E-state index in [0.29, 0.717) is 0 Å². The summed E-state index contributed by atoms with van der Waals surface area (Å²) in [5.74, 6) is 2.15. The lowest BCUT2D eigenvalue weighted by Crippen LogP contribution is -1.95. The van der Waals surface area contributed by atoms with Crippen molar-refractivity contribution in [1.82, 2.24) is 0 Å². The van der Waals surface area contributed by atoms with Crippen LogP contribution in [0.1, 0.15) is 27.7 Å². The molecule has 0 rings (SSSR count). The molecular weight excluding hydrogens is 116 g/mol. The molecule has 1 heteroatoms. The molecule has 0 saturated heterocycles. The van der Waals surface area contributed by atoms with Gasteiger partial charge in [-0.15, -0.1) is 0 Å². The van der Waals surface area contributed by atoms with Crippen molar-refractivity contribution in [2.24, 2.45) is 5.92 Å². The van der Waals surface area contributed by atoms with Crippen LogP contribution < -0.4 is 0 Å². The third-order valence-electron chi connectivity index (χ3n) is 0.763. The van der Waals surface area contributed by atoms with Crippen LogP contribution in [-0.4, -0.2) is 11.0 Å². The molecule has 0 aromatic heterocycles. The summed E-state index contributed by atoms with van der Waals surface area (Å²) in [5.41, 5.74) is 0. The van der Waals surface area contributed by atoms with Gasteiger partial charge in [-0.05, 0) is 16.9 Å². The molecule has 0 aromatic carbocycles. The summed E-state index contributed by atoms with van der Waals surface area (Å²) in [4.78, 5) is 0. The minimum atomic E-state index is 0.803. The van der Waals surface area contributed by atoms with E-state index in [9.17, 15) is 0 Å². The monoisotopic (exact) mass is 132 g/mol. The Labute approximate surface area is 57.1 Å². The summed E-state index contributed by atoms with van der Waals surface area (Å²) < 4.78 is 0. The van der Waals surface area contributed by atoms with Gasteiger partial charge in [-0.3, -0.25) is 0 Å². The third kappa shape index (κ3) is 6.35. The Morgan fingerprint density at radius 3 is 1.75 bits per heavy atom. The number of rotatable bonds is 3. The standard InChI is InChI=1S/C7H16S/c1-6(2)5-8-7(3)4/h6-7H,5H2,1-4H3. The maximum Gasteiger partial charge on any atom is -0.000958 e. The van der Waals surface area contributed by atoms with Gasteiger partial charge < -0.3 is 0 Å². The van der Waals surface area contributed by atoms with Crippen molar-refractivity contribution in [3.8, 4) is 0 Å². The molecule has 0 spiro atoms. The maximum atomic E-state index is 2.26. The highest BCUT2D eigenvalue weighted by Gasteiger charge is 1.95. The van der Waals surface area contributed by atoms with Crippen LogP contribution in [0.25, 0.3) is 0 Å². The predicted molar refractivity (Wildman–Crippen MR) is 42.4 cm³/mol. The Kier molecular flexibility index (Phi) is 4.44. The number of thioether (sulfide) groups is 1. The van der Waals surface area contributed by atoms with Gasteiger partial charge in [0.15, 0.2) is 0 Å². The van der Waals surface area contributed by atoms with Crippen LogP contribution in [0.3, 0.4) is 0 Å². The Bertz CT molecular complexity index is 40.3. The van der Waals surface area contributed by atoms with E-state index >= 15 is 0 Å². The zero-order valence-corrected chi connectivity index (χ0v) is 7.09. The molecule has 0 fully saturated rings. The molecule has 0 saturated carbocycles. The summed E-state index contributed by atoms with van der Waals surface area (Å²) in [7, 11) is 0. The minimum absolute atomic E-state index is 0.803. The van der Waals surface area contributed by atoms with Crippen molar-refractivity contribution in [3.05, 3.63) is 0 Å². The van der Waals surface area contributed by atoms with Gasteiger partial charge in [0, 0.05) is 0 Å². The Morgan fingerprint density at radius 1 is 1.12 bits per heavy atom. The van der Waals surface area contributed by atoms with Crippen LogP contribution in [0.4, 0.5) is 0 Å². The van der Waals surface area contributed by atoms with E-state index in [-0.39, 0.29) is 0 Å². The molecular formula is C7H16S. The SMILES string of the molecule is CC(C)CSC(C)C. The highest BCUT2D eigenvalue weighted by Crippen LogP contribution is 2.12. The van der Waals surface area contributed by atoms with Gasteiger partial charge in [0.2, 0.25) is 0 Å². The summed E-state index contributed by atoms with van der Waals surface area (Å²) >= 11 is 2.04. The number of hydrogen-bond acceptors (Lipinski definition) is 1. The van der Waals surface area contributed by atoms with Crippen molar-refractivity contribution in [3.63, 3.8) is 0 Å². The zero-order valence-electron chi connectivity index (χ0n) is 6.27. The second kappa shape index (κ2) is 4.25. The van der Waals surface area contributed by atoms with E-state index in [1.165, 1.54) is 5.75 Å². The van der Waals surface area contributed by atoms with E-state index in [1.54, 1.807) is 0 Å². The van der Waals surface area contributed by atoms with Crippen LogP contribution in [0.5, 0.6) is 0 Å². The van der Waals surface area contributed by atoms with Crippen molar-refractivity contribution in [2.75, 3.05) is 5.75 Å². The van der Waals surface area contributed by atoms with Crippen LogP contribution in [0.2, 0.25) is 0 Å². The predicted octanol–water partition coefficient (Wildman–Crippen LogP) is 2.78. The fourth-order valence-electron chi connectivity index (χ4n) is 0.385. The van der Waals surface area contributed by atoms with Crippen molar-refractivity contribution < 1.29 is 0 Å². The lowest BCUT2D eigenvalue weighted by Gasteiger charge is -2.05. The first-order chi connectivity index (χ1) is 3.63. The van der Waals surface area contributed by atoms with Gasteiger partial charge >= 0.3 is 0 Å². The van der Waals surface area contributed by atoms with Crippen molar-refractivity contribution >= 4 is 11.8 Å². The van der Waals surface area contributed by atoms with Gasteiger partial charge in [-0.1, -0.05) is 27.7 Å². The summed E-state index contributed by atoms with van der Waals surface area (Å²) in [6.45, 7) is 9.00. The molecule has 0 heterocycles. The van der Waals surface area contributed by atoms with Crippen LogP contribution >= 0.6 is 11.8 Å². The maximum absolute atomic E-state index is 2.26. The first-order valence-electron chi connectivity index (χ1n) is 3.24. The van der Waals surface area contributed by atoms with E-state index in [4.69, 9.17) is 0 Å². The molecule has 8 heavy (non-hydrogen) atoms. The lowest BCUT2D eigenvalue weighted by molar-refractivity contribution is 0.748. The molecule has 50 valence electrons. The van der Waals surface area contributed by atoms with Crippen LogP contribution in [0, 0.1) is 5.92 Å². The fourth-order valence-corrected chi connectivity index (χ4v) is 1.15. The second-order valence-corrected chi connectivity index (χ2v) is 4.39. The number of hydrogen-bond donors (Lipinski definition) is 0. The zero-order chi connectivity index (χ0) is 6.57. The smallest absolute Gasteiger partial charge is 0.000958 e. The third-order valence-corrected chi connectivity index (χ3v) is 2.29. The van der Waals surface area contributed by atoms with Crippen molar-refractivity contribution in [1.29, 1.82) is 0 Å². The molecule has 0 bridgehead atoms. The quantitative estimate of drug-likeness (QED) is 0.569. The average Bonchev–Trinajstić information content (AvgIpc) is 1.61. The Morgan fingerprint density at radius 2 is 1.62 bits per heavy atom. The Hall–Kier alpha value is 0.350.